The number of halogens is 1. The molecule has 0 fully saturated rings. The summed E-state index contributed by atoms with van der Waals surface area (Å²) in [4.78, 5) is 11.2. The van der Waals surface area contributed by atoms with E-state index in [1.165, 1.54) is 7.11 Å². The van der Waals surface area contributed by atoms with E-state index in [1.54, 1.807) is 25.1 Å². The van der Waals surface area contributed by atoms with Crippen LogP contribution in [0, 0.1) is 17.2 Å². The van der Waals surface area contributed by atoms with Gasteiger partial charge in [0.15, 0.2) is 0 Å². The first kappa shape index (κ1) is 13.3. The zero-order chi connectivity index (χ0) is 12.8. The van der Waals surface area contributed by atoms with Crippen LogP contribution in [-0.4, -0.2) is 19.6 Å². The normalized spacial score (nSPS) is 11.4. The third-order valence-electron chi connectivity index (χ3n) is 2.30. The predicted molar refractivity (Wildman–Crippen MR) is 65.8 cm³/mol. The van der Waals surface area contributed by atoms with Crippen molar-refractivity contribution < 1.29 is 9.53 Å². The summed E-state index contributed by atoms with van der Waals surface area (Å²) in [6, 6.07) is 6.99. The predicted octanol–water partition coefficient (Wildman–Crippen LogP) is 2.43. The number of anilines is 1. The van der Waals surface area contributed by atoms with Crippen molar-refractivity contribution >= 4 is 23.3 Å². The first-order valence-corrected chi connectivity index (χ1v) is 5.47. The second-order valence-corrected chi connectivity index (χ2v) is 4.04. The van der Waals surface area contributed by atoms with Crippen LogP contribution in [0.5, 0.6) is 0 Å². The van der Waals surface area contributed by atoms with Crippen LogP contribution < -0.4 is 5.32 Å². The lowest BCUT2D eigenvalue weighted by atomic mass is 10.1. The molecule has 0 radical (unpaired) electrons. The highest BCUT2D eigenvalue weighted by atomic mass is 35.5. The van der Waals surface area contributed by atoms with Crippen LogP contribution in [0.1, 0.15) is 12.5 Å². The summed E-state index contributed by atoms with van der Waals surface area (Å²) in [6.07, 6.45) is 0. The molecule has 1 atom stereocenters. The molecule has 1 rings (SSSR count). The van der Waals surface area contributed by atoms with E-state index in [2.05, 4.69) is 16.1 Å². The van der Waals surface area contributed by atoms with Crippen molar-refractivity contribution in [2.45, 2.75) is 6.92 Å². The van der Waals surface area contributed by atoms with E-state index >= 15 is 0 Å². The summed E-state index contributed by atoms with van der Waals surface area (Å²) >= 11 is 5.84. The standard InChI is InChI=1S/C12H13ClN2O2/c1-8(12(16)17-2)7-15-11-5-10(13)4-3-9(11)6-14/h3-5,8,15H,7H2,1-2H3. The van der Waals surface area contributed by atoms with Crippen molar-refractivity contribution in [1.29, 1.82) is 5.26 Å². The molecular formula is C12H13ClN2O2. The molecule has 0 bridgehead atoms. The zero-order valence-electron chi connectivity index (χ0n) is 9.66. The lowest BCUT2D eigenvalue weighted by Crippen LogP contribution is -2.21. The maximum atomic E-state index is 11.2. The smallest absolute Gasteiger partial charge is 0.310 e. The van der Waals surface area contributed by atoms with Gasteiger partial charge in [-0.2, -0.15) is 5.26 Å². The monoisotopic (exact) mass is 252 g/mol. The number of rotatable bonds is 4. The Hall–Kier alpha value is -1.73. The van der Waals surface area contributed by atoms with Crippen molar-refractivity contribution in [2.75, 3.05) is 19.0 Å². The Morgan fingerprint density at radius 3 is 2.94 bits per heavy atom. The molecule has 1 aromatic rings. The lowest BCUT2D eigenvalue weighted by Gasteiger charge is -2.12. The minimum Gasteiger partial charge on any atom is -0.469 e. The maximum Gasteiger partial charge on any atom is 0.310 e. The van der Waals surface area contributed by atoms with Crippen molar-refractivity contribution in [3.63, 3.8) is 0 Å². The molecule has 0 aliphatic rings. The Morgan fingerprint density at radius 1 is 1.65 bits per heavy atom. The quantitative estimate of drug-likeness (QED) is 0.836. The van der Waals surface area contributed by atoms with Gasteiger partial charge in [0, 0.05) is 11.6 Å². The summed E-state index contributed by atoms with van der Waals surface area (Å²) in [6.45, 7) is 2.14. The molecule has 0 aliphatic heterocycles. The Bertz CT molecular complexity index is 454. The number of ether oxygens (including phenoxy) is 1. The molecule has 5 heteroatoms. The van der Waals surface area contributed by atoms with Crippen molar-refractivity contribution in [1.82, 2.24) is 0 Å². The summed E-state index contributed by atoms with van der Waals surface area (Å²) in [7, 11) is 1.35. The van der Waals surface area contributed by atoms with Gasteiger partial charge >= 0.3 is 5.97 Å². The van der Waals surface area contributed by atoms with Crippen molar-refractivity contribution in [2.24, 2.45) is 5.92 Å². The second kappa shape index (κ2) is 6.12. The van der Waals surface area contributed by atoms with Gasteiger partial charge in [-0.25, -0.2) is 0 Å². The number of methoxy groups -OCH3 is 1. The third kappa shape index (κ3) is 3.65. The van der Waals surface area contributed by atoms with E-state index in [0.29, 0.717) is 22.8 Å². The Balaban J connectivity index is 2.72. The molecule has 0 aromatic heterocycles. The van der Waals surface area contributed by atoms with Crippen LogP contribution in [0.3, 0.4) is 0 Å². The van der Waals surface area contributed by atoms with Gasteiger partial charge in [0.1, 0.15) is 6.07 Å². The maximum absolute atomic E-state index is 11.2. The van der Waals surface area contributed by atoms with Crippen LogP contribution >= 0.6 is 11.6 Å². The number of benzene rings is 1. The molecule has 0 amide bonds. The second-order valence-electron chi connectivity index (χ2n) is 3.61. The lowest BCUT2D eigenvalue weighted by molar-refractivity contribution is -0.144. The minimum atomic E-state index is -0.293. The number of hydrogen-bond acceptors (Lipinski definition) is 4. The van der Waals surface area contributed by atoms with Gasteiger partial charge in [-0.05, 0) is 18.2 Å². The summed E-state index contributed by atoms with van der Waals surface area (Å²) in [5.74, 6) is -0.580. The molecule has 0 saturated heterocycles. The third-order valence-corrected chi connectivity index (χ3v) is 2.54. The Morgan fingerprint density at radius 2 is 2.35 bits per heavy atom. The number of nitrogens with zero attached hydrogens (tertiary/aromatic N) is 1. The SMILES string of the molecule is COC(=O)C(C)CNc1cc(Cl)ccc1C#N. The minimum absolute atomic E-state index is 0.287. The molecule has 0 heterocycles. The van der Waals surface area contributed by atoms with E-state index in [4.69, 9.17) is 16.9 Å². The molecule has 0 aliphatic carbocycles. The number of carbonyl (C=O) groups excluding carboxylic acids is 1. The molecule has 17 heavy (non-hydrogen) atoms. The van der Waals surface area contributed by atoms with E-state index in [1.807, 2.05) is 0 Å². The van der Waals surface area contributed by atoms with Gasteiger partial charge < -0.3 is 10.1 Å². The van der Waals surface area contributed by atoms with Gasteiger partial charge in [-0.3, -0.25) is 4.79 Å². The molecule has 90 valence electrons. The first-order valence-electron chi connectivity index (χ1n) is 5.09. The largest absolute Gasteiger partial charge is 0.469 e. The number of hydrogen-bond donors (Lipinski definition) is 1. The molecule has 0 saturated carbocycles. The van der Waals surface area contributed by atoms with Gasteiger partial charge in [-0.15, -0.1) is 0 Å². The van der Waals surface area contributed by atoms with E-state index in [9.17, 15) is 4.79 Å². The van der Waals surface area contributed by atoms with Gasteiger partial charge in [0.2, 0.25) is 0 Å². The number of carbonyl (C=O) groups is 1. The topological polar surface area (TPSA) is 62.1 Å². The molecule has 4 nitrogen and oxygen atoms in total. The van der Waals surface area contributed by atoms with E-state index in [-0.39, 0.29) is 11.9 Å². The van der Waals surface area contributed by atoms with Gasteiger partial charge in [0.05, 0.1) is 24.3 Å². The van der Waals surface area contributed by atoms with Crippen LogP contribution in [0.2, 0.25) is 5.02 Å². The van der Waals surface area contributed by atoms with Gasteiger partial charge in [-0.1, -0.05) is 18.5 Å². The highest BCUT2D eigenvalue weighted by Gasteiger charge is 2.13. The van der Waals surface area contributed by atoms with Crippen LogP contribution in [0.4, 0.5) is 5.69 Å². The fraction of sp³-hybridized carbons (Fsp3) is 0.333. The number of nitrogens with one attached hydrogen (secondary N) is 1. The fourth-order valence-corrected chi connectivity index (χ4v) is 1.48. The van der Waals surface area contributed by atoms with Crippen molar-refractivity contribution in [3.05, 3.63) is 28.8 Å². The van der Waals surface area contributed by atoms with Gasteiger partial charge in [0.25, 0.3) is 0 Å². The van der Waals surface area contributed by atoms with E-state index in [0.717, 1.165) is 0 Å². The molecule has 1 N–H and O–H groups in total. The summed E-state index contributed by atoms with van der Waals surface area (Å²) in [5.41, 5.74) is 1.11. The average molecular weight is 253 g/mol. The van der Waals surface area contributed by atoms with Crippen LogP contribution in [0.25, 0.3) is 0 Å². The molecule has 0 spiro atoms. The average Bonchev–Trinajstić information content (AvgIpc) is 2.35. The van der Waals surface area contributed by atoms with Crippen molar-refractivity contribution in [3.8, 4) is 6.07 Å². The summed E-state index contributed by atoms with van der Waals surface area (Å²) in [5, 5.41) is 12.5. The fourth-order valence-electron chi connectivity index (χ4n) is 1.31. The highest BCUT2D eigenvalue weighted by molar-refractivity contribution is 6.30. The number of nitriles is 1. The Kier molecular flexibility index (Phi) is 4.80. The zero-order valence-corrected chi connectivity index (χ0v) is 10.4. The highest BCUT2D eigenvalue weighted by Crippen LogP contribution is 2.20. The molecular weight excluding hydrogens is 240 g/mol. The summed E-state index contributed by atoms with van der Waals surface area (Å²) < 4.78 is 4.61. The number of esters is 1. The Labute approximate surface area is 105 Å². The van der Waals surface area contributed by atoms with Crippen LogP contribution in [-0.2, 0) is 9.53 Å². The molecule has 1 unspecified atom stereocenters. The molecule has 1 aromatic carbocycles. The first-order chi connectivity index (χ1) is 8.08. The van der Waals surface area contributed by atoms with Crippen LogP contribution in [0.15, 0.2) is 18.2 Å². The van der Waals surface area contributed by atoms with E-state index < -0.39 is 0 Å².